The van der Waals surface area contributed by atoms with Gasteiger partial charge in [0, 0.05) is 110 Å². The van der Waals surface area contributed by atoms with Crippen LogP contribution in [0.2, 0.25) is 0 Å². The largest absolute Gasteiger partial charge is 0.376 e. The third-order valence-corrected chi connectivity index (χ3v) is 16.3. The molecule has 366 valence electrons. The first kappa shape index (κ1) is 46.6. The number of carbonyl (C=O) groups is 5. The predicted octanol–water partition coefficient (Wildman–Crippen LogP) is 5.01. The zero-order chi connectivity index (χ0) is 48.9. The van der Waals surface area contributed by atoms with Gasteiger partial charge in [0.15, 0.2) is 0 Å². The maximum Gasteiger partial charge on any atom is 0.255 e. The van der Waals surface area contributed by atoms with E-state index in [1.165, 1.54) is 16.7 Å². The number of anilines is 3. The predicted molar refractivity (Wildman–Crippen MR) is 267 cm³/mol. The molecule has 18 heteroatoms. The van der Waals surface area contributed by atoms with Crippen molar-refractivity contribution < 1.29 is 28.7 Å². The number of benzene rings is 3. The van der Waals surface area contributed by atoms with Crippen molar-refractivity contribution in [2.45, 2.75) is 86.8 Å². The second kappa shape index (κ2) is 19.1. The number of piperidine rings is 2. The summed E-state index contributed by atoms with van der Waals surface area (Å²) < 4.78 is 5.88. The molecule has 0 bridgehead atoms. The van der Waals surface area contributed by atoms with Crippen molar-refractivity contribution in [1.82, 2.24) is 35.4 Å². The number of imide groups is 1. The van der Waals surface area contributed by atoms with Crippen LogP contribution in [0.1, 0.15) is 86.8 Å². The third-order valence-electron chi connectivity index (χ3n) is 15.4. The van der Waals surface area contributed by atoms with Gasteiger partial charge in [-0.15, -0.1) is 0 Å². The van der Waals surface area contributed by atoms with Crippen LogP contribution in [0.25, 0.3) is 0 Å². The van der Waals surface area contributed by atoms with Crippen molar-refractivity contribution in [3.05, 3.63) is 131 Å². The van der Waals surface area contributed by atoms with Crippen LogP contribution in [-0.2, 0) is 34.0 Å². The number of fused-ring (bicyclic) bond motifs is 1. The van der Waals surface area contributed by atoms with Gasteiger partial charge in [-0.05, 0) is 97.8 Å². The molecule has 6 aliphatic heterocycles. The average molecular weight is 976 g/mol. The van der Waals surface area contributed by atoms with E-state index in [-0.39, 0.29) is 66.1 Å². The molecule has 0 saturated carbocycles. The number of nitrogens with zero attached hydrogens (tertiary/aromatic N) is 7. The summed E-state index contributed by atoms with van der Waals surface area (Å²) in [4.78, 5) is 87.1. The molecule has 0 aliphatic carbocycles. The number of carbonyl (C=O) groups excluding carboxylic acids is 5. The molecule has 5 N–H and O–H groups in total. The molecule has 71 heavy (non-hydrogen) atoms. The molecule has 2 spiro atoms. The van der Waals surface area contributed by atoms with Crippen LogP contribution < -0.4 is 31.5 Å². The summed E-state index contributed by atoms with van der Waals surface area (Å²) in [5.74, 6) is 0.310. The molecule has 5 saturated heterocycles. The highest BCUT2D eigenvalue weighted by molar-refractivity contribution is 7.99. The smallest absolute Gasteiger partial charge is 0.255 e. The van der Waals surface area contributed by atoms with Crippen molar-refractivity contribution in [3.63, 3.8) is 0 Å². The Kier molecular flexibility index (Phi) is 12.6. The van der Waals surface area contributed by atoms with Crippen LogP contribution in [0, 0.1) is 10.8 Å². The van der Waals surface area contributed by atoms with E-state index in [1.807, 2.05) is 73.1 Å². The summed E-state index contributed by atoms with van der Waals surface area (Å²) in [5, 5.41) is 9.13. The minimum Gasteiger partial charge on any atom is -0.376 e. The van der Waals surface area contributed by atoms with E-state index < -0.39 is 11.9 Å². The molecule has 1 unspecified atom stereocenters. The van der Waals surface area contributed by atoms with Gasteiger partial charge in [0.05, 0.1) is 30.7 Å². The van der Waals surface area contributed by atoms with Crippen LogP contribution in [-0.4, -0.2) is 118 Å². The first-order valence-electron chi connectivity index (χ1n) is 24.5. The van der Waals surface area contributed by atoms with Crippen LogP contribution in [0.4, 0.5) is 17.3 Å². The molecule has 8 heterocycles. The van der Waals surface area contributed by atoms with Crippen molar-refractivity contribution in [2.75, 3.05) is 61.0 Å². The number of hydrogen-bond donors (Lipinski definition) is 4. The maximum atomic E-state index is 13.3. The monoisotopic (exact) mass is 975 g/mol. The molecule has 11 rings (SSSR count). The Morgan fingerprint density at radius 3 is 2.34 bits per heavy atom. The number of ether oxygens (including phenoxy) is 1. The lowest BCUT2D eigenvalue weighted by Gasteiger charge is -2.48. The van der Waals surface area contributed by atoms with E-state index >= 15 is 0 Å². The highest BCUT2D eigenvalue weighted by Crippen LogP contribution is 2.43. The topological polar surface area (TPSA) is 208 Å². The zero-order valence-electron chi connectivity index (χ0n) is 39.6. The average Bonchev–Trinajstić information content (AvgIpc) is 4.04. The number of aromatic nitrogens is 3. The molecule has 3 aromatic carbocycles. The van der Waals surface area contributed by atoms with Crippen molar-refractivity contribution >= 4 is 58.6 Å². The first-order chi connectivity index (χ1) is 34.4. The Bertz CT molecular complexity index is 2870. The van der Waals surface area contributed by atoms with E-state index in [2.05, 4.69) is 42.6 Å². The van der Waals surface area contributed by atoms with E-state index in [1.54, 1.807) is 24.4 Å². The van der Waals surface area contributed by atoms with Gasteiger partial charge in [0.25, 0.3) is 17.7 Å². The minimum absolute atomic E-state index is 0.0591. The van der Waals surface area contributed by atoms with Gasteiger partial charge in [0.1, 0.15) is 22.7 Å². The number of rotatable bonds is 12. The van der Waals surface area contributed by atoms with Gasteiger partial charge in [-0.2, -0.15) is 0 Å². The van der Waals surface area contributed by atoms with Gasteiger partial charge >= 0.3 is 0 Å². The highest BCUT2D eigenvalue weighted by atomic mass is 32.2. The number of nitrogens with two attached hydrogens (primary N) is 1. The van der Waals surface area contributed by atoms with E-state index in [9.17, 15) is 24.0 Å². The van der Waals surface area contributed by atoms with E-state index in [0.29, 0.717) is 28.8 Å². The molecule has 5 aromatic rings. The number of pyridine rings is 1. The quantitative estimate of drug-likeness (QED) is 0.121. The molecule has 3 atom stereocenters. The van der Waals surface area contributed by atoms with Gasteiger partial charge in [0.2, 0.25) is 11.8 Å². The van der Waals surface area contributed by atoms with Gasteiger partial charge in [-0.25, -0.2) is 15.0 Å². The summed E-state index contributed by atoms with van der Waals surface area (Å²) in [6, 6.07) is 24.1. The number of likely N-dealkylation sites (tertiary alicyclic amines) is 1. The second-order valence-electron chi connectivity index (χ2n) is 20.2. The van der Waals surface area contributed by atoms with Gasteiger partial charge in [-0.3, -0.25) is 34.2 Å². The SMILES string of the molecule is C[C@@H]1OCC2(CCN(c3cnc(Sc4cccc(NC(=O)c5ccc(CN6CC7(CCN(c8ccc(C(=O)NCc9ccc%10c(c9)CN(C9CCC(=O)NC9=O)C%10=O)cn8)C7)C6)cc5)c4)cn3)CC2)[C@@H]1N. The summed E-state index contributed by atoms with van der Waals surface area (Å²) in [7, 11) is 0. The Hall–Kier alpha value is -6.73. The van der Waals surface area contributed by atoms with Crippen LogP contribution >= 0.6 is 11.8 Å². The summed E-state index contributed by atoms with van der Waals surface area (Å²) >= 11 is 1.50. The van der Waals surface area contributed by atoms with Crippen LogP contribution in [0.3, 0.4) is 0 Å². The lowest BCUT2D eigenvalue weighted by molar-refractivity contribution is -0.136. The van der Waals surface area contributed by atoms with E-state index in [4.69, 9.17) is 20.4 Å². The fourth-order valence-electron chi connectivity index (χ4n) is 11.3. The van der Waals surface area contributed by atoms with Crippen molar-refractivity contribution in [3.8, 4) is 0 Å². The maximum absolute atomic E-state index is 13.3. The Morgan fingerprint density at radius 2 is 1.61 bits per heavy atom. The van der Waals surface area contributed by atoms with Crippen molar-refractivity contribution in [1.29, 1.82) is 0 Å². The minimum atomic E-state index is -0.674. The third kappa shape index (κ3) is 9.60. The highest BCUT2D eigenvalue weighted by Gasteiger charge is 2.49. The number of hydrogen-bond acceptors (Lipinski definition) is 14. The fraction of sp³-hybridized carbons (Fsp3) is 0.396. The lowest BCUT2D eigenvalue weighted by Crippen LogP contribution is -2.56. The summed E-state index contributed by atoms with van der Waals surface area (Å²) in [5.41, 5.74) is 11.8. The molecule has 2 aromatic heterocycles. The molecular formula is C53H57N11O6S. The Morgan fingerprint density at radius 1 is 0.831 bits per heavy atom. The van der Waals surface area contributed by atoms with Crippen molar-refractivity contribution in [2.24, 2.45) is 16.6 Å². The molecule has 5 amide bonds. The molecule has 0 radical (unpaired) electrons. The number of amides is 5. The lowest BCUT2D eigenvalue weighted by atomic mass is 9.73. The second-order valence-corrected chi connectivity index (χ2v) is 21.3. The molecule has 17 nitrogen and oxygen atoms in total. The standard InChI is InChI=1S/C53H57N11O6S/c1-33-47(54)53(32-70-33)16-19-62(20-17-53)44-25-57-46(26-56-44)71-40-4-2-3-39(22-40)59-49(67)36-8-5-34(6-9-36)27-61-29-52(30-61)15-18-63(31-52)43-13-10-37(24-55-43)48(66)58-23-35-7-11-41-38(21-35)28-64(51(41)69)42-12-14-45(65)60-50(42)68/h2-11,13,21-22,24-26,33,42,47H,12,14-20,23,27-32,54H2,1H3,(H,58,66)(H,59,67)(H,60,65,68)/t33-,42?,47+/m0/s1. The Balaban J connectivity index is 0.607. The summed E-state index contributed by atoms with van der Waals surface area (Å²) in [6.07, 6.45) is 8.91. The molecule has 6 aliphatic rings. The number of nitrogens with one attached hydrogen (secondary N) is 3. The molecule has 5 fully saturated rings. The van der Waals surface area contributed by atoms with E-state index in [0.717, 1.165) is 110 Å². The molecular weight excluding hydrogens is 919 g/mol. The first-order valence-corrected chi connectivity index (χ1v) is 25.3. The summed E-state index contributed by atoms with van der Waals surface area (Å²) in [6.45, 7) is 9.66. The normalized spacial score (nSPS) is 22.4. The van der Waals surface area contributed by atoms with Crippen LogP contribution in [0.15, 0.2) is 107 Å². The van der Waals surface area contributed by atoms with Gasteiger partial charge in [-0.1, -0.05) is 42.1 Å². The fourth-order valence-corrected chi connectivity index (χ4v) is 12.1. The zero-order valence-corrected chi connectivity index (χ0v) is 40.5. The Labute approximate surface area is 416 Å². The van der Waals surface area contributed by atoms with Gasteiger partial charge < -0.3 is 35.8 Å². The van der Waals surface area contributed by atoms with Crippen LogP contribution in [0.5, 0.6) is 0 Å².